The van der Waals surface area contributed by atoms with Crippen LogP contribution in [0.3, 0.4) is 0 Å². The molecule has 14 heavy (non-hydrogen) atoms. The molecule has 0 aliphatic heterocycles. The third-order valence-electron chi connectivity index (χ3n) is 1.17. The summed E-state index contributed by atoms with van der Waals surface area (Å²) < 4.78 is 77.2. The van der Waals surface area contributed by atoms with Gasteiger partial charge in [0.1, 0.15) is 6.08 Å². The zero-order valence-corrected chi connectivity index (χ0v) is 7.43. The highest BCUT2D eigenvalue weighted by molar-refractivity contribution is 5.60. The Kier molecular flexibility index (Phi) is 1.34. The Bertz CT molecular complexity index is 599. The van der Waals surface area contributed by atoms with Crippen molar-refractivity contribution < 1.29 is 26.6 Å². The zero-order valence-electron chi connectivity index (χ0n) is 16.4. The molecule has 0 aliphatic carbocycles. The summed E-state index contributed by atoms with van der Waals surface area (Å²) in [5.74, 6) is 0. The first-order valence-electron chi connectivity index (χ1n) is 8.31. The molecule has 3 heteroatoms. The maximum Gasteiger partial charge on any atom is 0.508 e. The van der Waals surface area contributed by atoms with Crippen LogP contribution in [0.25, 0.3) is 0 Å². The summed E-state index contributed by atoms with van der Waals surface area (Å²) in [6, 6.07) is -4.31. The molecule has 0 bridgehead atoms. The Hall–Kier alpha value is -1.51. The SMILES string of the molecule is [2H]c1c([2H])c([2H])c(C([2H])(OC(=O)OCC)C([2H])([2H])[2H])c([2H])c1[2H]. The van der Waals surface area contributed by atoms with Crippen LogP contribution in [0.15, 0.2) is 30.2 Å². The average Bonchev–Trinajstić information content (AvgIpc) is 2.42. The van der Waals surface area contributed by atoms with Crippen LogP contribution in [-0.2, 0) is 9.47 Å². The maximum absolute atomic E-state index is 11.5. The molecule has 0 saturated heterocycles. The Morgan fingerprint density at radius 3 is 2.93 bits per heavy atom. The van der Waals surface area contributed by atoms with Gasteiger partial charge in [0.2, 0.25) is 0 Å². The molecule has 0 N–H and O–H groups in total. The van der Waals surface area contributed by atoms with E-state index in [2.05, 4.69) is 9.47 Å². The van der Waals surface area contributed by atoms with E-state index in [9.17, 15) is 4.79 Å². The predicted molar refractivity (Wildman–Crippen MR) is 53.0 cm³/mol. The van der Waals surface area contributed by atoms with Gasteiger partial charge < -0.3 is 9.47 Å². The molecule has 0 aliphatic rings. The van der Waals surface area contributed by atoms with Gasteiger partial charge in [-0.3, -0.25) is 0 Å². The van der Waals surface area contributed by atoms with Crippen LogP contribution in [0.2, 0.25) is 0 Å². The summed E-state index contributed by atoms with van der Waals surface area (Å²) in [4.78, 5) is 11.5. The lowest BCUT2D eigenvalue weighted by atomic mass is 10.1. The number of carbonyl (C=O) groups excluding carboxylic acids is 1. The highest BCUT2D eigenvalue weighted by atomic mass is 16.7. The summed E-state index contributed by atoms with van der Waals surface area (Å²) in [5, 5.41) is 0. The molecule has 0 fully saturated rings. The van der Waals surface area contributed by atoms with Crippen molar-refractivity contribution >= 4 is 6.16 Å². The summed E-state index contributed by atoms with van der Waals surface area (Å²) in [6.45, 7) is -2.06. The van der Waals surface area contributed by atoms with Gasteiger partial charge in [-0.05, 0) is 19.3 Å². The first kappa shape index (κ1) is 3.57. The Morgan fingerprint density at radius 1 is 1.64 bits per heavy atom. The van der Waals surface area contributed by atoms with E-state index in [-0.39, 0.29) is 6.61 Å². The van der Waals surface area contributed by atoms with Crippen LogP contribution >= 0.6 is 0 Å². The third-order valence-corrected chi connectivity index (χ3v) is 1.17. The van der Waals surface area contributed by atoms with Gasteiger partial charge in [-0.1, -0.05) is 30.2 Å². The monoisotopic (exact) mass is 203 g/mol. The molecule has 1 rings (SSSR count). The molecule has 1 aromatic carbocycles. The third kappa shape index (κ3) is 3.09. The second-order valence-electron chi connectivity index (χ2n) is 2.11. The molecular weight excluding hydrogens is 180 g/mol. The first-order valence-corrected chi connectivity index (χ1v) is 3.81. The van der Waals surface area contributed by atoms with Crippen molar-refractivity contribution in [2.45, 2.75) is 19.9 Å². The number of carbonyl (C=O) groups is 1. The molecule has 1 unspecified atom stereocenters. The largest absolute Gasteiger partial charge is 0.508 e. The Labute approximate surface area is 96.3 Å². The van der Waals surface area contributed by atoms with Crippen LogP contribution in [0.4, 0.5) is 4.79 Å². The molecule has 1 aromatic rings. The van der Waals surface area contributed by atoms with Crippen LogP contribution in [0.1, 0.15) is 37.8 Å². The molecule has 0 spiro atoms. The first-order chi connectivity index (χ1) is 10.4. The standard InChI is InChI=1S/C11H14O3/c1-3-13-11(12)14-9(2)10-7-5-4-6-8-10/h4-9H,3H2,1-2H3/i2D3,4D,5D,6D,7D,8D,9D. The lowest BCUT2D eigenvalue weighted by Crippen LogP contribution is -2.10. The van der Waals surface area contributed by atoms with Crippen molar-refractivity contribution in [3.63, 3.8) is 0 Å². The fraction of sp³-hybridized carbons (Fsp3) is 0.364. The summed E-state index contributed by atoms with van der Waals surface area (Å²) in [7, 11) is 0. The molecule has 0 heterocycles. The molecule has 0 radical (unpaired) electrons. The van der Waals surface area contributed by atoms with Gasteiger partial charge >= 0.3 is 6.16 Å². The fourth-order valence-corrected chi connectivity index (χ4v) is 0.645. The summed E-state index contributed by atoms with van der Waals surface area (Å²) in [6.07, 6.45) is -4.71. The lowest BCUT2D eigenvalue weighted by Gasteiger charge is -2.12. The Morgan fingerprint density at radius 2 is 2.36 bits per heavy atom. The number of hydrogen-bond donors (Lipinski definition) is 0. The smallest absolute Gasteiger partial charge is 0.435 e. The summed E-state index contributed by atoms with van der Waals surface area (Å²) >= 11 is 0. The highest BCUT2D eigenvalue weighted by Crippen LogP contribution is 2.16. The van der Waals surface area contributed by atoms with Crippen LogP contribution in [-0.4, -0.2) is 12.8 Å². The minimum Gasteiger partial charge on any atom is -0.435 e. The van der Waals surface area contributed by atoms with Gasteiger partial charge in [-0.25, -0.2) is 4.79 Å². The molecule has 0 amide bonds. The molecule has 0 aromatic heterocycles. The van der Waals surface area contributed by atoms with E-state index in [4.69, 9.17) is 12.3 Å². The topological polar surface area (TPSA) is 35.5 Å². The number of ether oxygens (including phenoxy) is 2. The number of hydrogen-bond acceptors (Lipinski definition) is 3. The second kappa shape index (κ2) is 5.27. The van der Waals surface area contributed by atoms with Crippen molar-refractivity contribution in [2.75, 3.05) is 6.61 Å². The molecule has 1 atom stereocenters. The van der Waals surface area contributed by atoms with Crippen molar-refractivity contribution in [2.24, 2.45) is 0 Å². The van der Waals surface area contributed by atoms with E-state index in [0.717, 1.165) is 0 Å². The van der Waals surface area contributed by atoms with Gasteiger partial charge in [0.05, 0.1) is 14.8 Å². The van der Waals surface area contributed by atoms with E-state index in [1.807, 2.05) is 0 Å². The normalized spacial score (nSPS) is 24.2. The summed E-state index contributed by atoms with van der Waals surface area (Å²) in [5.41, 5.74) is -0.962. The van der Waals surface area contributed by atoms with Crippen molar-refractivity contribution in [3.8, 4) is 0 Å². The molecule has 76 valence electrons. The van der Waals surface area contributed by atoms with Gasteiger partial charge in [-0.15, -0.1) is 0 Å². The lowest BCUT2D eigenvalue weighted by molar-refractivity contribution is 0.0317. The van der Waals surface area contributed by atoms with Crippen LogP contribution < -0.4 is 0 Å². The maximum atomic E-state index is 11.5. The molecule has 0 saturated carbocycles. The quantitative estimate of drug-likeness (QED) is 0.708. The van der Waals surface area contributed by atoms with Crippen molar-refractivity contribution in [3.05, 3.63) is 35.8 Å². The van der Waals surface area contributed by atoms with Crippen molar-refractivity contribution in [1.82, 2.24) is 0 Å². The van der Waals surface area contributed by atoms with Gasteiger partial charge in [0, 0.05) is 4.11 Å². The minimum atomic E-state index is -3.33. The van der Waals surface area contributed by atoms with Gasteiger partial charge in [-0.2, -0.15) is 0 Å². The fourth-order valence-electron chi connectivity index (χ4n) is 0.645. The minimum absolute atomic E-state index is 0.156. The Balaban J connectivity index is 3.67. The van der Waals surface area contributed by atoms with E-state index >= 15 is 0 Å². The van der Waals surface area contributed by atoms with Gasteiger partial charge in [0.15, 0.2) is 0 Å². The molecular formula is C11H14O3. The number of rotatable bonds is 3. The number of benzene rings is 1. The van der Waals surface area contributed by atoms with E-state index in [1.165, 1.54) is 6.92 Å². The zero-order chi connectivity index (χ0) is 18.2. The van der Waals surface area contributed by atoms with Crippen molar-refractivity contribution in [1.29, 1.82) is 0 Å². The van der Waals surface area contributed by atoms with E-state index in [0.29, 0.717) is 0 Å². The van der Waals surface area contributed by atoms with E-state index in [1.54, 1.807) is 0 Å². The van der Waals surface area contributed by atoms with Crippen LogP contribution in [0.5, 0.6) is 0 Å². The van der Waals surface area contributed by atoms with Gasteiger partial charge in [0.25, 0.3) is 0 Å². The second-order valence-corrected chi connectivity index (χ2v) is 2.11. The van der Waals surface area contributed by atoms with Crippen LogP contribution in [0, 0.1) is 0 Å². The highest BCUT2D eigenvalue weighted by Gasteiger charge is 2.11. The molecule has 3 nitrogen and oxygen atoms in total. The average molecular weight is 203 g/mol. The predicted octanol–water partition coefficient (Wildman–Crippen LogP) is 2.92. The van der Waals surface area contributed by atoms with E-state index < -0.39 is 54.9 Å².